The van der Waals surface area contributed by atoms with Crippen LogP contribution in [0.25, 0.3) is 11.4 Å². The molecule has 0 aliphatic carbocycles. The fourth-order valence-electron chi connectivity index (χ4n) is 2.59. The van der Waals surface area contributed by atoms with E-state index in [1.165, 1.54) is 6.07 Å². The second-order valence-corrected chi connectivity index (χ2v) is 6.33. The van der Waals surface area contributed by atoms with Gasteiger partial charge in [0.25, 0.3) is 0 Å². The van der Waals surface area contributed by atoms with Gasteiger partial charge in [-0.2, -0.15) is 18.2 Å². The molecule has 3 rings (SSSR count). The summed E-state index contributed by atoms with van der Waals surface area (Å²) in [5.74, 6) is 0.614. The van der Waals surface area contributed by atoms with Crippen molar-refractivity contribution in [2.24, 2.45) is 0 Å². The van der Waals surface area contributed by atoms with Crippen LogP contribution in [0.15, 0.2) is 48.7 Å². The third-order valence-electron chi connectivity index (χ3n) is 4.10. The van der Waals surface area contributed by atoms with Gasteiger partial charge in [0.2, 0.25) is 5.95 Å². The van der Waals surface area contributed by atoms with Gasteiger partial charge in [0.15, 0.2) is 0 Å². The molecule has 0 spiro atoms. The van der Waals surface area contributed by atoms with Gasteiger partial charge in [-0.15, -0.1) is 0 Å². The number of aliphatic hydroxyl groups is 1. The quantitative estimate of drug-likeness (QED) is 0.507. The number of pyridine rings is 1. The lowest BCUT2D eigenvalue weighted by atomic mass is 10.1. The summed E-state index contributed by atoms with van der Waals surface area (Å²) >= 11 is 0. The van der Waals surface area contributed by atoms with E-state index < -0.39 is 11.7 Å². The molecule has 152 valence electrons. The van der Waals surface area contributed by atoms with Crippen molar-refractivity contribution in [3.05, 3.63) is 59.8 Å². The summed E-state index contributed by atoms with van der Waals surface area (Å²) in [6.07, 6.45) is -2.31. The van der Waals surface area contributed by atoms with E-state index in [2.05, 4.69) is 25.6 Å². The predicted octanol–water partition coefficient (Wildman–Crippen LogP) is 4.40. The molecular formula is C20H20F3N5O. The molecule has 0 radical (unpaired) electrons. The highest BCUT2D eigenvalue weighted by Gasteiger charge is 2.30. The van der Waals surface area contributed by atoms with E-state index in [4.69, 9.17) is 5.11 Å². The Labute approximate surface area is 165 Å². The highest BCUT2D eigenvalue weighted by atomic mass is 19.4. The molecule has 29 heavy (non-hydrogen) atoms. The van der Waals surface area contributed by atoms with Crippen LogP contribution < -0.4 is 10.6 Å². The summed E-state index contributed by atoms with van der Waals surface area (Å²) in [4.78, 5) is 13.0. The van der Waals surface area contributed by atoms with Crippen LogP contribution in [0.1, 0.15) is 17.5 Å². The summed E-state index contributed by atoms with van der Waals surface area (Å²) in [6.45, 7) is 2.18. The number of alkyl halides is 3. The zero-order chi connectivity index (χ0) is 20.9. The molecule has 2 heterocycles. The Morgan fingerprint density at radius 1 is 1.03 bits per heavy atom. The van der Waals surface area contributed by atoms with Crippen LogP contribution in [0.2, 0.25) is 0 Å². The Balaban J connectivity index is 1.97. The number of benzene rings is 1. The zero-order valence-electron chi connectivity index (χ0n) is 15.7. The SMILES string of the molecule is Cc1ccc(C(F)(F)F)cc1Nc1cc(-c2ccccn2)nc(NCCCO)n1. The number of anilines is 3. The Morgan fingerprint density at radius 3 is 2.55 bits per heavy atom. The third kappa shape index (κ3) is 5.41. The van der Waals surface area contributed by atoms with E-state index in [9.17, 15) is 13.2 Å². The highest BCUT2D eigenvalue weighted by Crippen LogP contribution is 2.33. The summed E-state index contributed by atoms with van der Waals surface area (Å²) < 4.78 is 39.2. The van der Waals surface area contributed by atoms with Crippen LogP contribution in [0.4, 0.5) is 30.6 Å². The molecule has 3 aromatic rings. The molecule has 0 fully saturated rings. The number of nitrogens with one attached hydrogen (secondary N) is 2. The summed E-state index contributed by atoms with van der Waals surface area (Å²) in [5.41, 5.74) is 1.31. The first-order chi connectivity index (χ1) is 13.9. The van der Waals surface area contributed by atoms with Gasteiger partial charge in [-0.05, 0) is 43.2 Å². The summed E-state index contributed by atoms with van der Waals surface area (Å²) in [5, 5.41) is 14.9. The Hall–Kier alpha value is -3.20. The molecule has 6 nitrogen and oxygen atoms in total. The van der Waals surface area contributed by atoms with Crippen LogP contribution >= 0.6 is 0 Å². The first-order valence-electron chi connectivity index (χ1n) is 8.97. The molecule has 0 bridgehead atoms. The summed E-state index contributed by atoms with van der Waals surface area (Å²) in [6, 6.07) is 10.5. The van der Waals surface area contributed by atoms with Crippen molar-refractivity contribution in [2.75, 3.05) is 23.8 Å². The maximum atomic E-state index is 13.1. The minimum absolute atomic E-state index is 0.0153. The van der Waals surface area contributed by atoms with Crippen molar-refractivity contribution >= 4 is 17.5 Å². The predicted molar refractivity (Wildman–Crippen MR) is 105 cm³/mol. The van der Waals surface area contributed by atoms with Gasteiger partial charge in [-0.3, -0.25) is 4.98 Å². The lowest BCUT2D eigenvalue weighted by Gasteiger charge is -2.14. The maximum Gasteiger partial charge on any atom is 0.416 e. The lowest BCUT2D eigenvalue weighted by molar-refractivity contribution is -0.137. The van der Waals surface area contributed by atoms with E-state index in [0.717, 1.165) is 12.1 Å². The molecule has 0 amide bonds. The molecule has 9 heteroatoms. The van der Waals surface area contributed by atoms with E-state index in [1.807, 2.05) is 6.07 Å². The fourth-order valence-corrected chi connectivity index (χ4v) is 2.59. The number of aromatic nitrogens is 3. The number of aryl methyl sites for hydroxylation is 1. The molecule has 3 N–H and O–H groups in total. The zero-order valence-corrected chi connectivity index (χ0v) is 15.7. The maximum absolute atomic E-state index is 13.1. The van der Waals surface area contributed by atoms with Gasteiger partial charge in [-0.1, -0.05) is 12.1 Å². The monoisotopic (exact) mass is 403 g/mol. The number of halogens is 3. The van der Waals surface area contributed by atoms with Crippen molar-refractivity contribution in [2.45, 2.75) is 19.5 Å². The van der Waals surface area contributed by atoms with Gasteiger partial charge in [0, 0.05) is 31.1 Å². The fraction of sp³-hybridized carbons (Fsp3) is 0.250. The smallest absolute Gasteiger partial charge is 0.396 e. The van der Waals surface area contributed by atoms with Crippen molar-refractivity contribution < 1.29 is 18.3 Å². The number of nitrogens with zero attached hydrogens (tertiary/aromatic N) is 3. The Bertz CT molecular complexity index is 964. The highest BCUT2D eigenvalue weighted by molar-refractivity contribution is 5.67. The van der Waals surface area contributed by atoms with Crippen LogP contribution in [0.5, 0.6) is 0 Å². The van der Waals surface area contributed by atoms with Crippen molar-refractivity contribution in [1.29, 1.82) is 0 Å². The molecule has 0 atom stereocenters. The van der Waals surface area contributed by atoms with Crippen LogP contribution in [0, 0.1) is 6.92 Å². The van der Waals surface area contributed by atoms with Crippen LogP contribution in [-0.2, 0) is 6.18 Å². The molecule has 1 aromatic carbocycles. The van der Waals surface area contributed by atoms with E-state index in [-0.39, 0.29) is 12.6 Å². The average molecular weight is 403 g/mol. The number of rotatable bonds is 7. The largest absolute Gasteiger partial charge is 0.416 e. The van der Waals surface area contributed by atoms with Crippen molar-refractivity contribution in [3.63, 3.8) is 0 Å². The van der Waals surface area contributed by atoms with E-state index >= 15 is 0 Å². The van der Waals surface area contributed by atoms with Gasteiger partial charge in [0.1, 0.15) is 5.82 Å². The normalized spacial score (nSPS) is 11.3. The first kappa shape index (κ1) is 20.5. The molecule has 0 aliphatic rings. The summed E-state index contributed by atoms with van der Waals surface area (Å²) in [7, 11) is 0. The van der Waals surface area contributed by atoms with Gasteiger partial charge >= 0.3 is 6.18 Å². The second kappa shape index (κ2) is 8.87. The van der Waals surface area contributed by atoms with Crippen LogP contribution in [0.3, 0.4) is 0 Å². The standard InChI is InChI=1S/C20H20F3N5O/c1-13-6-7-14(20(21,22)23)11-16(13)26-18-12-17(15-5-2-3-8-24-15)27-19(28-18)25-9-4-10-29/h2-3,5-8,11-12,29H,4,9-10H2,1H3,(H2,25,26,27,28). The molecule has 0 unspecified atom stereocenters. The van der Waals surface area contributed by atoms with E-state index in [1.54, 1.807) is 31.3 Å². The average Bonchev–Trinajstić information content (AvgIpc) is 2.69. The topological polar surface area (TPSA) is 83.0 Å². The lowest BCUT2D eigenvalue weighted by Crippen LogP contribution is -2.10. The molecule has 2 aromatic heterocycles. The molecule has 0 aliphatic heterocycles. The minimum Gasteiger partial charge on any atom is -0.396 e. The van der Waals surface area contributed by atoms with Gasteiger partial charge in [-0.25, -0.2) is 4.98 Å². The number of hydrogen-bond acceptors (Lipinski definition) is 6. The Morgan fingerprint density at radius 2 is 1.86 bits per heavy atom. The third-order valence-corrected chi connectivity index (χ3v) is 4.10. The molecule has 0 saturated heterocycles. The number of aliphatic hydroxyl groups excluding tert-OH is 1. The van der Waals surface area contributed by atoms with Crippen molar-refractivity contribution in [3.8, 4) is 11.4 Å². The number of hydrogen-bond donors (Lipinski definition) is 3. The molecule has 0 saturated carbocycles. The van der Waals surface area contributed by atoms with Crippen LogP contribution in [-0.4, -0.2) is 33.2 Å². The minimum atomic E-state index is -4.44. The van der Waals surface area contributed by atoms with Gasteiger partial charge < -0.3 is 15.7 Å². The van der Waals surface area contributed by atoms with Gasteiger partial charge in [0.05, 0.1) is 17.0 Å². The molecular weight excluding hydrogens is 383 g/mol. The second-order valence-electron chi connectivity index (χ2n) is 6.33. The first-order valence-corrected chi connectivity index (χ1v) is 8.97. The van der Waals surface area contributed by atoms with E-state index in [0.29, 0.717) is 41.4 Å². The Kier molecular flexibility index (Phi) is 6.28. The van der Waals surface area contributed by atoms with Crippen molar-refractivity contribution in [1.82, 2.24) is 15.0 Å².